The predicted molar refractivity (Wildman–Crippen MR) is 90.4 cm³/mol. The van der Waals surface area contributed by atoms with E-state index in [9.17, 15) is 0 Å². The number of pyridine rings is 1. The molecule has 0 saturated carbocycles. The molecular weight excluding hydrogens is 270 g/mol. The Bertz CT molecular complexity index is 1120. The third kappa shape index (κ3) is 1.54. The summed E-state index contributed by atoms with van der Waals surface area (Å²) in [6.45, 7) is -0.283. The molecule has 0 radical (unpaired) electrons. The van der Waals surface area contributed by atoms with Gasteiger partial charge in [0.1, 0.15) is 5.69 Å². The second kappa shape index (κ2) is 4.47. The van der Waals surface area contributed by atoms with Crippen LogP contribution in [0.5, 0.6) is 0 Å². The number of nitrogens with zero attached hydrogens (tertiary/aromatic N) is 3. The van der Waals surface area contributed by atoms with Crippen LogP contribution in [0.1, 0.15) is 15.4 Å². The van der Waals surface area contributed by atoms with E-state index in [1.165, 1.54) is 0 Å². The third-order valence-corrected chi connectivity index (χ3v) is 4.49. The first kappa shape index (κ1) is 10.2. The van der Waals surface area contributed by atoms with Crippen LogP contribution in [0.15, 0.2) is 48.7 Å². The smallest absolute Gasteiger partial charge is 0.287 e. The molecule has 0 spiro atoms. The molecule has 0 aliphatic carbocycles. The van der Waals surface area contributed by atoms with Crippen LogP contribution in [0.3, 0.4) is 0 Å². The maximum atomic E-state index is 8.11. The fraction of sp³-hybridized carbons (Fsp3) is 0.211. The van der Waals surface area contributed by atoms with Gasteiger partial charge in [-0.3, -0.25) is 0 Å². The van der Waals surface area contributed by atoms with Crippen molar-refractivity contribution in [3.8, 4) is 5.82 Å². The second-order valence-corrected chi connectivity index (χ2v) is 5.74. The lowest BCUT2D eigenvalue weighted by Crippen LogP contribution is -2.33. The van der Waals surface area contributed by atoms with Crippen molar-refractivity contribution in [3.63, 3.8) is 0 Å². The third-order valence-electron chi connectivity index (χ3n) is 4.49. The molecule has 3 nitrogen and oxygen atoms in total. The second-order valence-electron chi connectivity index (χ2n) is 5.74. The first-order valence-electron chi connectivity index (χ1n) is 8.86. The van der Waals surface area contributed by atoms with Crippen molar-refractivity contribution in [1.29, 1.82) is 0 Å². The van der Waals surface area contributed by atoms with Crippen molar-refractivity contribution in [2.24, 2.45) is 14.1 Å². The molecule has 22 heavy (non-hydrogen) atoms. The highest BCUT2D eigenvalue weighted by Crippen LogP contribution is 2.35. The highest BCUT2D eigenvalue weighted by Gasteiger charge is 2.26. The molecule has 0 aliphatic heterocycles. The summed E-state index contributed by atoms with van der Waals surface area (Å²) in [5.41, 5.74) is 3.13. The van der Waals surface area contributed by atoms with Gasteiger partial charge in [0.25, 0.3) is 5.82 Å². The van der Waals surface area contributed by atoms with Crippen molar-refractivity contribution in [1.82, 2.24) is 9.13 Å². The van der Waals surface area contributed by atoms with E-state index in [1.54, 1.807) is 0 Å². The monoisotopic (exact) mass is 293 g/mol. The first-order valence-corrected chi connectivity index (χ1v) is 7.36. The Labute approximate surface area is 134 Å². The predicted octanol–water partition coefficient (Wildman–Crippen LogP) is 3.56. The Balaban J connectivity index is 2.29. The summed E-state index contributed by atoms with van der Waals surface area (Å²) in [6.07, 6.45) is 1.97. The quantitative estimate of drug-likeness (QED) is 0.476. The van der Waals surface area contributed by atoms with Crippen molar-refractivity contribution in [3.05, 3.63) is 59.9 Å². The van der Waals surface area contributed by atoms with E-state index < -0.39 is 6.85 Å². The van der Waals surface area contributed by atoms with E-state index in [0.29, 0.717) is 5.56 Å². The first-order chi connectivity index (χ1) is 11.8. The largest absolute Gasteiger partial charge is 0.311 e. The summed E-state index contributed by atoms with van der Waals surface area (Å²) in [4.78, 5) is 0. The molecule has 0 unspecified atom stereocenters. The van der Waals surface area contributed by atoms with E-state index in [4.69, 9.17) is 4.11 Å². The Morgan fingerprint density at radius 3 is 2.64 bits per heavy atom. The van der Waals surface area contributed by atoms with Crippen molar-refractivity contribution >= 4 is 21.9 Å². The van der Waals surface area contributed by atoms with Gasteiger partial charge < -0.3 is 4.57 Å². The van der Waals surface area contributed by atoms with Crippen molar-refractivity contribution in [2.75, 3.05) is 0 Å². The van der Waals surface area contributed by atoms with Crippen LogP contribution in [0.4, 0.5) is 0 Å². The fourth-order valence-electron chi connectivity index (χ4n) is 3.37. The molecule has 0 amide bonds. The highest BCUT2D eigenvalue weighted by atomic mass is 15.2. The van der Waals surface area contributed by atoms with Gasteiger partial charge >= 0.3 is 0 Å². The van der Waals surface area contributed by atoms with Crippen LogP contribution in [-0.2, 0) is 14.1 Å². The zero-order valence-electron chi connectivity index (χ0n) is 16.0. The molecule has 0 N–H and O–H groups in total. The van der Waals surface area contributed by atoms with Gasteiger partial charge in [-0.1, -0.05) is 24.3 Å². The highest BCUT2D eigenvalue weighted by molar-refractivity contribution is 6.09. The van der Waals surface area contributed by atoms with Gasteiger partial charge in [-0.2, -0.15) is 4.57 Å². The van der Waals surface area contributed by atoms with E-state index >= 15 is 0 Å². The van der Waals surface area contributed by atoms with Crippen LogP contribution in [-0.4, -0.2) is 9.13 Å². The summed E-state index contributed by atoms with van der Waals surface area (Å²) < 4.78 is 30.5. The standard InChI is InChI=1S/C19H20N3/c1-13-14(2)22(17-11-7-8-12-20(17)3)19-18(13)15-9-5-6-10-16(15)21(19)4/h5-12H,1-4H3/q+1/i1D3. The molecule has 4 rings (SSSR count). The minimum absolute atomic E-state index is 0.433. The zero-order chi connectivity index (χ0) is 17.9. The number of hydrogen-bond acceptors (Lipinski definition) is 0. The lowest BCUT2D eigenvalue weighted by Gasteiger charge is -2.05. The van der Waals surface area contributed by atoms with E-state index in [1.807, 2.05) is 74.2 Å². The summed E-state index contributed by atoms with van der Waals surface area (Å²) in [7, 11) is 3.96. The molecule has 3 heteroatoms. The van der Waals surface area contributed by atoms with Crippen LogP contribution in [0.2, 0.25) is 0 Å². The van der Waals surface area contributed by atoms with Crippen LogP contribution >= 0.6 is 0 Å². The molecule has 110 valence electrons. The molecule has 3 aromatic heterocycles. The van der Waals surface area contributed by atoms with E-state index in [0.717, 1.165) is 33.4 Å². The minimum atomic E-state index is -2.18. The number of fused-ring (bicyclic) bond motifs is 3. The zero-order valence-corrected chi connectivity index (χ0v) is 13.0. The Kier molecular flexibility index (Phi) is 2.08. The van der Waals surface area contributed by atoms with Crippen LogP contribution in [0.25, 0.3) is 27.8 Å². The molecule has 0 fully saturated rings. The number of benzene rings is 1. The maximum Gasteiger partial charge on any atom is 0.287 e. The number of hydrogen-bond donors (Lipinski definition) is 0. The molecule has 0 atom stereocenters. The van der Waals surface area contributed by atoms with Gasteiger partial charge in [0.05, 0.1) is 24.1 Å². The molecule has 0 aliphatic rings. The average molecular weight is 293 g/mol. The van der Waals surface area contributed by atoms with Gasteiger partial charge in [-0.05, 0) is 25.9 Å². The van der Waals surface area contributed by atoms with Crippen molar-refractivity contribution in [2.45, 2.75) is 13.8 Å². The molecule has 0 saturated heterocycles. The summed E-state index contributed by atoms with van der Waals surface area (Å²) >= 11 is 0. The summed E-state index contributed by atoms with van der Waals surface area (Å²) in [6, 6.07) is 13.9. The lowest BCUT2D eigenvalue weighted by molar-refractivity contribution is -0.665. The molecule has 0 bridgehead atoms. The average Bonchev–Trinajstić information content (AvgIpc) is 3.01. The number of para-hydroxylation sites is 1. The Morgan fingerprint density at radius 2 is 1.86 bits per heavy atom. The number of aryl methyl sites for hydroxylation is 3. The fourth-order valence-corrected chi connectivity index (χ4v) is 3.37. The summed E-state index contributed by atoms with van der Waals surface area (Å²) in [5.74, 6) is 0.936. The normalized spacial score (nSPS) is 14.2. The minimum Gasteiger partial charge on any atom is -0.311 e. The Morgan fingerprint density at radius 1 is 1.09 bits per heavy atom. The topological polar surface area (TPSA) is 13.7 Å². The Hall–Kier alpha value is -2.55. The molecule has 4 aromatic rings. The van der Waals surface area contributed by atoms with Gasteiger partial charge in [-0.25, -0.2) is 4.57 Å². The molecule has 1 aromatic carbocycles. The maximum absolute atomic E-state index is 8.11. The van der Waals surface area contributed by atoms with Gasteiger partial charge in [-0.15, -0.1) is 0 Å². The van der Waals surface area contributed by atoms with Gasteiger partial charge in [0.15, 0.2) is 0 Å². The van der Waals surface area contributed by atoms with Crippen LogP contribution in [0, 0.1) is 13.8 Å². The number of rotatable bonds is 1. The molecule has 3 heterocycles. The van der Waals surface area contributed by atoms with Gasteiger partial charge in [0.2, 0.25) is 5.65 Å². The van der Waals surface area contributed by atoms with Crippen molar-refractivity contribution < 1.29 is 8.68 Å². The SMILES string of the molecule is [2H]C([2H])([2H])c1c(C)n(-c2cccc[n+]2C)c2c1c1ccccc1n2C. The number of aromatic nitrogens is 3. The molecular formula is C19H20N3+. The van der Waals surface area contributed by atoms with Crippen LogP contribution < -0.4 is 4.57 Å². The summed E-state index contributed by atoms with van der Waals surface area (Å²) in [5, 5.41) is 1.80. The van der Waals surface area contributed by atoms with E-state index in [-0.39, 0.29) is 0 Å². The van der Waals surface area contributed by atoms with E-state index in [2.05, 4.69) is 9.13 Å². The lowest BCUT2D eigenvalue weighted by atomic mass is 10.1. The van der Waals surface area contributed by atoms with Gasteiger partial charge in [0, 0.05) is 28.2 Å².